The first kappa shape index (κ1) is 8.17. The molecule has 0 unspecified atom stereocenters. The van der Waals surface area contributed by atoms with Crippen LogP contribution in [0.2, 0.25) is 0 Å². The van der Waals surface area contributed by atoms with E-state index < -0.39 is 0 Å². The predicted molar refractivity (Wildman–Crippen MR) is 59.3 cm³/mol. The molecule has 15 heavy (non-hydrogen) atoms. The van der Waals surface area contributed by atoms with Gasteiger partial charge in [-0.3, -0.25) is 9.97 Å². The second-order valence-electron chi connectivity index (χ2n) is 3.34. The minimum absolute atomic E-state index is 0.950. The van der Waals surface area contributed by atoms with Gasteiger partial charge in [0.1, 0.15) is 0 Å². The van der Waals surface area contributed by atoms with E-state index in [4.69, 9.17) is 0 Å². The number of H-pyrrole nitrogens is 1. The summed E-state index contributed by atoms with van der Waals surface area (Å²) in [6, 6.07) is 7.96. The average molecular weight is 195 g/mol. The molecule has 0 aliphatic rings. The maximum atomic E-state index is 4.38. The lowest BCUT2D eigenvalue weighted by Gasteiger charge is -2.00. The third kappa shape index (κ3) is 1.29. The van der Waals surface area contributed by atoms with Crippen LogP contribution in [0.5, 0.6) is 0 Å². The summed E-state index contributed by atoms with van der Waals surface area (Å²) in [5.74, 6) is 0. The number of nitrogens with zero attached hydrogens (tertiary/aromatic N) is 2. The average Bonchev–Trinajstić information content (AvgIpc) is 2.78. The minimum atomic E-state index is 0.950. The van der Waals surface area contributed by atoms with Gasteiger partial charge in [0.25, 0.3) is 0 Å². The molecule has 0 aliphatic carbocycles. The number of fused-ring (bicyclic) bond motifs is 1. The van der Waals surface area contributed by atoms with Crippen molar-refractivity contribution in [1.29, 1.82) is 0 Å². The fourth-order valence-corrected chi connectivity index (χ4v) is 1.70. The van der Waals surface area contributed by atoms with Crippen molar-refractivity contribution in [3.63, 3.8) is 0 Å². The molecular formula is C12H9N3. The zero-order chi connectivity index (χ0) is 10.1. The Balaban J connectivity index is 2.31. The third-order valence-corrected chi connectivity index (χ3v) is 2.41. The summed E-state index contributed by atoms with van der Waals surface area (Å²) in [5, 5.41) is 1.17. The Kier molecular flexibility index (Phi) is 1.75. The van der Waals surface area contributed by atoms with Crippen LogP contribution in [0.4, 0.5) is 0 Å². The summed E-state index contributed by atoms with van der Waals surface area (Å²) in [6.45, 7) is 0. The van der Waals surface area contributed by atoms with Crippen molar-refractivity contribution in [2.45, 2.75) is 0 Å². The highest BCUT2D eigenvalue weighted by Gasteiger charge is 2.04. The Morgan fingerprint density at radius 1 is 1.07 bits per heavy atom. The fourth-order valence-electron chi connectivity index (χ4n) is 1.70. The summed E-state index contributed by atoms with van der Waals surface area (Å²) in [7, 11) is 0. The van der Waals surface area contributed by atoms with Gasteiger partial charge >= 0.3 is 0 Å². The van der Waals surface area contributed by atoms with Crippen LogP contribution in [-0.2, 0) is 0 Å². The number of hydrogen-bond acceptors (Lipinski definition) is 2. The lowest BCUT2D eigenvalue weighted by molar-refractivity contribution is 1.28. The van der Waals surface area contributed by atoms with Crippen LogP contribution in [-0.4, -0.2) is 15.0 Å². The fraction of sp³-hybridized carbons (Fsp3) is 0. The van der Waals surface area contributed by atoms with E-state index in [9.17, 15) is 0 Å². The van der Waals surface area contributed by atoms with Gasteiger partial charge in [-0.1, -0.05) is 0 Å². The van der Waals surface area contributed by atoms with E-state index in [2.05, 4.69) is 15.0 Å². The van der Waals surface area contributed by atoms with Crippen LogP contribution in [0.25, 0.3) is 22.2 Å². The molecule has 0 saturated heterocycles. The van der Waals surface area contributed by atoms with Crippen molar-refractivity contribution in [1.82, 2.24) is 15.0 Å². The molecular weight excluding hydrogens is 186 g/mol. The maximum Gasteiger partial charge on any atom is 0.0958 e. The van der Waals surface area contributed by atoms with Gasteiger partial charge < -0.3 is 4.98 Å². The largest absolute Gasteiger partial charge is 0.359 e. The number of aromatic amines is 1. The van der Waals surface area contributed by atoms with Crippen LogP contribution in [0, 0.1) is 0 Å². The van der Waals surface area contributed by atoms with Gasteiger partial charge in [0, 0.05) is 35.7 Å². The molecule has 3 heterocycles. The van der Waals surface area contributed by atoms with Gasteiger partial charge in [-0.15, -0.1) is 0 Å². The van der Waals surface area contributed by atoms with Crippen molar-refractivity contribution >= 4 is 10.9 Å². The summed E-state index contributed by atoms with van der Waals surface area (Å²) in [4.78, 5) is 11.7. The monoisotopic (exact) mass is 195 g/mol. The molecule has 3 aromatic heterocycles. The Labute approximate surface area is 86.8 Å². The van der Waals surface area contributed by atoms with E-state index >= 15 is 0 Å². The molecule has 0 fully saturated rings. The molecule has 0 radical (unpaired) electrons. The van der Waals surface area contributed by atoms with Crippen molar-refractivity contribution in [2.75, 3.05) is 0 Å². The number of hydrogen-bond donors (Lipinski definition) is 1. The molecule has 0 aromatic carbocycles. The maximum absolute atomic E-state index is 4.38. The topological polar surface area (TPSA) is 41.6 Å². The van der Waals surface area contributed by atoms with E-state index in [0.717, 1.165) is 16.8 Å². The molecule has 1 N–H and O–H groups in total. The number of rotatable bonds is 1. The highest BCUT2D eigenvalue weighted by Crippen LogP contribution is 2.23. The molecule has 0 atom stereocenters. The van der Waals surface area contributed by atoms with E-state index in [1.54, 1.807) is 6.20 Å². The van der Waals surface area contributed by atoms with Crippen LogP contribution in [0.1, 0.15) is 0 Å². The van der Waals surface area contributed by atoms with Gasteiger partial charge in [-0.25, -0.2) is 0 Å². The molecule has 0 amide bonds. The normalized spacial score (nSPS) is 10.7. The molecule has 0 aliphatic heterocycles. The number of aromatic nitrogens is 3. The van der Waals surface area contributed by atoms with Crippen LogP contribution in [0.15, 0.2) is 49.1 Å². The summed E-state index contributed by atoms with van der Waals surface area (Å²) < 4.78 is 0. The van der Waals surface area contributed by atoms with Gasteiger partial charge in [-0.2, -0.15) is 0 Å². The van der Waals surface area contributed by atoms with E-state index in [0.29, 0.717) is 0 Å². The van der Waals surface area contributed by atoms with Crippen molar-refractivity contribution < 1.29 is 0 Å². The number of nitrogens with one attached hydrogen (secondary N) is 1. The Bertz CT molecular complexity index is 584. The molecule has 0 saturated carbocycles. The van der Waals surface area contributed by atoms with Gasteiger partial charge in [-0.05, 0) is 24.3 Å². The van der Waals surface area contributed by atoms with Crippen molar-refractivity contribution in [3.8, 4) is 11.3 Å². The predicted octanol–water partition coefficient (Wildman–Crippen LogP) is 2.62. The molecule has 3 heteroatoms. The SMILES string of the molecule is c1cncc(-c2nccc3cc[nH]c23)c1. The first-order valence-electron chi connectivity index (χ1n) is 4.77. The number of pyridine rings is 2. The molecule has 3 rings (SSSR count). The highest BCUT2D eigenvalue weighted by molar-refractivity contribution is 5.91. The van der Waals surface area contributed by atoms with Gasteiger partial charge in [0.05, 0.1) is 11.2 Å². The quantitative estimate of drug-likeness (QED) is 0.648. The third-order valence-electron chi connectivity index (χ3n) is 2.41. The van der Waals surface area contributed by atoms with E-state index in [1.165, 1.54) is 5.39 Å². The second-order valence-corrected chi connectivity index (χ2v) is 3.34. The van der Waals surface area contributed by atoms with Crippen LogP contribution in [0.3, 0.4) is 0 Å². The Morgan fingerprint density at radius 2 is 2.07 bits per heavy atom. The van der Waals surface area contributed by atoms with Gasteiger partial charge in [0.2, 0.25) is 0 Å². The zero-order valence-electron chi connectivity index (χ0n) is 8.01. The van der Waals surface area contributed by atoms with Crippen LogP contribution >= 0.6 is 0 Å². The summed E-state index contributed by atoms with van der Waals surface area (Å²) in [5.41, 5.74) is 3.04. The summed E-state index contributed by atoms with van der Waals surface area (Å²) >= 11 is 0. The van der Waals surface area contributed by atoms with Crippen LogP contribution < -0.4 is 0 Å². The lowest BCUT2D eigenvalue weighted by atomic mass is 10.1. The molecule has 0 spiro atoms. The summed E-state index contributed by atoms with van der Waals surface area (Å²) in [6.07, 6.45) is 7.33. The first-order valence-corrected chi connectivity index (χ1v) is 4.77. The van der Waals surface area contributed by atoms with E-state index in [1.807, 2.05) is 42.9 Å². The van der Waals surface area contributed by atoms with Crippen molar-refractivity contribution in [3.05, 3.63) is 49.1 Å². The second kappa shape index (κ2) is 3.20. The zero-order valence-corrected chi connectivity index (χ0v) is 8.01. The highest BCUT2D eigenvalue weighted by atomic mass is 14.8. The first-order chi connectivity index (χ1) is 7.45. The molecule has 0 bridgehead atoms. The smallest absolute Gasteiger partial charge is 0.0958 e. The van der Waals surface area contributed by atoms with E-state index in [-0.39, 0.29) is 0 Å². The molecule has 72 valence electrons. The van der Waals surface area contributed by atoms with Crippen molar-refractivity contribution in [2.24, 2.45) is 0 Å². The van der Waals surface area contributed by atoms with Gasteiger partial charge in [0.15, 0.2) is 0 Å². The molecule has 3 nitrogen and oxygen atoms in total. The minimum Gasteiger partial charge on any atom is -0.359 e. The lowest BCUT2D eigenvalue weighted by Crippen LogP contribution is -1.85. The molecule has 3 aromatic rings. The Hall–Kier alpha value is -2.16. The standard InChI is InChI=1S/C12H9N3/c1-2-10(8-13-5-1)12-11-9(3-6-14-11)4-7-15-12/h1-8,14H. The Morgan fingerprint density at radius 3 is 2.93 bits per heavy atom.